The molecule has 1 aliphatic heterocycles. The number of anilines is 1. The van der Waals surface area contributed by atoms with Gasteiger partial charge in [0.15, 0.2) is 0 Å². The van der Waals surface area contributed by atoms with Crippen LogP contribution in [0.3, 0.4) is 0 Å². The van der Waals surface area contributed by atoms with E-state index in [1.807, 2.05) is 26.0 Å². The van der Waals surface area contributed by atoms with Crippen LogP contribution in [0.1, 0.15) is 26.7 Å². The Labute approximate surface area is 133 Å². The normalized spacial score (nSPS) is 20.0. The van der Waals surface area contributed by atoms with Crippen molar-refractivity contribution in [2.24, 2.45) is 0 Å². The molecule has 6 heteroatoms. The van der Waals surface area contributed by atoms with E-state index in [-0.39, 0.29) is 5.69 Å². The summed E-state index contributed by atoms with van der Waals surface area (Å²) >= 11 is 0. The van der Waals surface area contributed by atoms with Crippen molar-refractivity contribution in [1.29, 1.82) is 0 Å². The molecule has 0 unspecified atom stereocenters. The van der Waals surface area contributed by atoms with Crippen LogP contribution in [0, 0.1) is 5.82 Å². The molecule has 0 radical (unpaired) electrons. The maximum absolute atomic E-state index is 14.1. The molecule has 1 heterocycles. The lowest BCUT2D eigenvalue weighted by atomic mass is 10.0. The van der Waals surface area contributed by atoms with E-state index in [1.165, 1.54) is 11.1 Å². The van der Waals surface area contributed by atoms with Crippen molar-refractivity contribution in [3.05, 3.63) is 47.3 Å². The summed E-state index contributed by atoms with van der Waals surface area (Å²) in [6, 6.07) is 3.10. The molecule has 0 saturated carbocycles. The Morgan fingerprint density at radius 1 is 1.04 bits per heavy atom. The second-order valence-electron chi connectivity index (χ2n) is 5.28. The second kappa shape index (κ2) is 7.06. The lowest BCUT2D eigenvalue weighted by molar-refractivity contribution is -0.274. The molecule has 1 aromatic rings. The number of allylic oxidation sites excluding steroid dienone is 2. The SMILES string of the molecule is C/C=C1/CCN(c2cc(OC(F)(F)F)ccc2F)CC/C1=C/C. The fourth-order valence-corrected chi connectivity index (χ4v) is 2.78. The van der Waals surface area contributed by atoms with Crippen molar-refractivity contribution >= 4 is 5.69 Å². The molecule has 1 aromatic carbocycles. The highest BCUT2D eigenvalue weighted by Crippen LogP contribution is 2.32. The summed E-state index contributed by atoms with van der Waals surface area (Å²) in [5.74, 6) is -0.957. The van der Waals surface area contributed by atoms with E-state index in [0.717, 1.165) is 31.0 Å². The maximum Gasteiger partial charge on any atom is 0.573 e. The van der Waals surface area contributed by atoms with E-state index >= 15 is 0 Å². The van der Waals surface area contributed by atoms with Gasteiger partial charge in [-0.1, -0.05) is 12.2 Å². The van der Waals surface area contributed by atoms with E-state index in [9.17, 15) is 17.6 Å². The van der Waals surface area contributed by atoms with Crippen molar-refractivity contribution in [2.75, 3.05) is 18.0 Å². The van der Waals surface area contributed by atoms with Crippen LogP contribution in [-0.4, -0.2) is 19.5 Å². The monoisotopic (exact) mass is 329 g/mol. The van der Waals surface area contributed by atoms with Gasteiger partial charge in [-0.05, 0) is 50.0 Å². The maximum atomic E-state index is 14.1. The summed E-state index contributed by atoms with van der Waals surface area (Å²) in [5.41, 5.74) is 2.52. The summed E-state index contributed by atoms with van der Waals surface area (Å²) < 4.78 is 54.9. The molecule has 2 nitrogen and oxygen atoms in total. The first-order chi connectivity index (χ1) is 10.8. The van der Waals surface area contributed by atoms with Crippen LogP contribution in [-0.2, 0) is 0 Å². The van der Waals surface area contributed by atoms with Crippen LogP contribution >= 0.6 is 0 Å². The topological polar surface area (TPSA) is 12.5 Å². The molecule has 1 aliphatic rings. The van der Waals surface area contributed by atoms with Crippen molar-refractivity contribution in [3.63, 3.8) is 0 Å². The van der Waals surface area contributed by atoms with Crippen LogP contribution in [0.4, 0.5) is 23.2 Å². The number of nitrogens with zero attached hydrogens (tertiary/aromatic N) is 1. The molecule has 1 saturated heterocycles. The lowest BCUT2D eigenvalue weighted by Gasteiger charge is -2.23. The molecule has 1 fully saturated rings. The summed E-state index contributed by atoms with van der Waals surface area (Å²) in [6.45, 7) is 4.99. The fraction of sp³-hybridized carbons (Fsp3) is 0.412. The molecule has 0 N–H and O–H groups in total. The number of hydrogen-bond donors (Lipinski definition) is 0. The number of halogens is 4. The number of rotatable bonds is 2. The Kier molecular flexibility index (Phi) is 5.34. The zero-order valence-electron chi connectivity index (χ0n) is 13.1. The molecule has 126 valence electrons. The lowest BCUT2D eigenvalue weighted by Crippen LogP contribution is -2.25. The number of hydrogen-bond acceptors (Lipinski definition) is 2. The molecular formula is C17H19F4NO. The third kappa shape index (κ3) is 4.50. The first-order valence-corrected chi connectivity index (χ1v) is 7.45. The highest BCUT2D eigenvalue weighted by atomic mass is 19.4. The van der Waals surface area contributed by atoms with Crippen molar-refractivity contribution < 1.29 is 22.3 Å². The largest absolute Gasteiger partial charge is 0.573 e. The summed E-state index contributed by atoms with van der Waals surface area (Å²) in [4.78, 5) is 1.76. The average molecular weight is 329 g/mol. The van der Waals surface area contributed by atoms with E-state index in [0.29, 0.717) is 13.1 Å². The van der Waals surface area contributed by atoms with Gasteiger partial charge in [0.25, 0.3) is 0 Å². The Morgan fingerprint density at radius 2 is 1.61 bits per heavy atom. The second-order valence-corrected chi connectivity index (χ2v) is 5.28. The van der Waals surface area contributed by atoms with Crippen LogP contribution in [0.5, 0.6) is 5.75 Å². The highest BCUT2D eigenvalue weighted by Gasteiger charge is 2.31. The molecule has 0 aliphatic carbocycles. The fourth-order valence-electron chi connectivity index (χ4n) is 2.78. The van der Waals surface area contributed by atoms with Gasteiger partial charge in [-0.15, -0.1) is 13.2 Å². The van der Waals surface area contributed by atoms with E-state index in [1.54, 1.807) is 4.90 Å². The van der Waals surface area contributed by atoms with Gasteiger partial charge in [0.1, 0.15) is 11.6 Å². The summed E-state index contributed by atoms with van der Waals surface area (Å²) in [7, 11) is 0. The van der Waals surface area contributed by atoms with E-state index in [2.05, 4.69) is 4.74 Å². The van der Waals surface area contributed by atoms with Crippen molar-refractivity contribution in [2.45, 2.75) is 33.1 Å². The first-order valence-electron chi connectivity index (χ1n) is 7.45. The quantitative estimate of drug-likeness (QED) is 0.690. The van der Waals surface area contributed by atoms with Gasteiger partial charge in [-0.25, -0.2) is 4.39 Å². The Morgan fingerprint density at radius 3 is 2.09 bits per heavy atom. The first kappa shape index (κ1) is 17.4. The third-order valence-electron chi connectivity index (χ3n) is 3.90. The molecule has 0 atom stereocenters. The molecular weight excluding hydrogens is 310 g/mol. The van der Waals surface area contributed by atoms with Crippen molar-refractivity contribution in [3.8, 4) is 5.75 Å². The standard InChI is InChI=1S/C17H19F4NO/c1-3-12-7-9-22(10-8-13(12)4-2)16-11-14(5-6-15(16)18)23-17(19,20)21/h3-6,11H,7-10H2,1-2H3/b12-3-,13-4-. The molecule has 0 bridgehead atoms. The minimum absolute atomic E-state index is 0.138. The molecule has 23 heavy (non-hydrogen) atoms. The van der Waals surface area contributed by atoms with Gasteiger partial charge in [0.05, 0.1) is 5.69 Å². The van der Waals surface area contributed by atoms with E-state index in [4.69, 9.17) is 0 Å². The average Bonchev–Trinajstić information content (AvgIpc) is 2.69. The summed E-state index contributed by atoms with van der Waals surface area (Å²) in [6.07, 6.45) is 0.709. The van der Waals surface area contributed by atoms with Gasteiger partial charge < -0.3 is 9.64 Å². The van der Waals surface area contributed by atoms with Gasteiger partial charge in [-0.3, -0.25) is 0 Å². The van der Waals surface area contributed by atoms with Gasteiger partial charge >= 0.3 is 6.36 Å². The predicted octanol–water partition coefficient (Wildman–Crippen LogP) is 5.22. The smallest absolute Gasteiger partial charge is 0.406 e. The van der Waals surface area contributed by atoms with Gasteiger partial charge in [0.2, 0.25) is 0 Å². The van der Waals surface area contributed by atoms with Gasteiger partial charge in [0, 0.05) is 19.2 Å². The number of ether oxygens (including phenoxy) is 1. The van der Waals surface area contributed by atoms with Gasteiger partial charge in [-0.2, -0.15) is 0 Å². The zero-order valence-corrected chi connectivity index (χ0v) is 13.1. The van der Waals surface area contributed by atoms with E-state index < -0.39 is 17.9 Å². The van der Waals surface area contributed by atoms with Crippen LogP contribution in [0.15, 0.2) is 41.5 Å². The molecule has 2 rings (SSSR count). The third-order valence-corrected chi connectivity index (χ3v) is 3.90. The van der Waals surface area contributed by atoms with Crippen LogP contribution in [0.25, 0.3) is 0 Å². The molecule has 0 aromatic heterocycles. The Bertz CT molecular complexity index is 598. The molecule has 0 spiro atoms. The summed E-state index contributed by atoms with van der Waals surface area (Å²) in [5, 5.41) is 0. The Balaban J connectivity index is 2.26. The zero-order chi connectivity index (χ0) is 17.0. The highest BCUT2D eigenvalue weighted by molar-refractivity contribution is 5.53. The minimum atomic E-state index is -4.79. The van der Waals surface area contributed by atoms with Crippen LogP contribution < -0.4 is 9.64 Å². The molecule has 0 amide bonds. The Hall–Kier alpha value is -1.98. The number of benzene rings is 1. The number of alkyl halides is 3. The predicted molar refractivity (Wildman–Crippen MR) is 82.0 cm³/mol. The van der Waals surface area contributed by atoms with Crippen LogP contribution in [0.2, 0.25) is 0 Å². The van der Waals surface area contributed by atoms with Crippen molar-refractivity contribution in [1.82, 2.24) is 0 Å². The minimum Gasteiger partial charge on any atom is -0.406 e.